The van der Waals surface area contributed by atoms with Crippen molar-refractivity contribution < 1.29 is 34.0 Å². The highest BCUT2D eigenvalue weighted by Gasteiger charge is 2.41. The largest absolute Gasteiger partial charge is 0.507 e. The molecule has 3 rings (SSSR count). The Morgan fingerprint density at radius 3 is 2.35 bits per heavy atom. The fraction of sp³-hybridized carbons (Fsp3) is 0.231. The van der Waals surface area contributed by atoms with Gasteiger partial charge >= 0.3 is 0 Å². The number of aromatic hydroxyl groups is 1. The molecule has 7 nitrogen and oxygen atoms in total. The Morgan fingerprint density at radius 1 is 1.05 bits per heavy atom. The fourth-order valence-corrected chi connectivity index (χ4v) is 2.30. The molecular formula is C13H10O7. The number of ketones is 2. The molecule has 0 unspecified atom stereocenters. The number of hydrogen-bond acceptors (Lipinski definition) is 7. The van der Waals surface area contributed by atoms with Gasteiger partial charge in [-0.1, -0.05) is 0 Å². The fourth-order valence-electron chi connectivity index (χ4n) is 2.30. The van der Waals surface area contributed by atoms with Crippen LogP contribution in [0.2, 0.25) is 0 Å². The lowest BCUT2D eigenvalue weighted by Gasteiger charge is -2.20. The molecule has 0 amide bonds. The van der Waals surface area contributed by atoms with Crippen LogP contribution in [0.3, 0.4) is 0 Å². The number of carbonyl (C=O) groups excluding carboxylic acids is 2. The topological polar surface area (TPSA) is 102 Å². The number of benzene rings is 1. The Balaban J connectivity index is 2.47. The van der Waals surface area contributed by atoms with E-state index in [4.69, 9.17) is 14.2 Å². The van der Waals surface area contributed by atoms with Gasteiger partial charge in [-0.3, -0.25) is 9.59 Å². The summed E-state index contributed by atoms with van der Waals surface area (Å²) in [5.41, 5.74) is -0.533. The molecule has 1 aliphatic heterocycles. The molecule has 2 N–H and O–H groups in total. The second kappa shape index (κ2) is 3.89. The number of rotatable bonds is 1. The molecule has 7 heteroatoms. The van der Waals surface area contributed by atoms with Gasteiger partial charge in [-0.05, 0) is 6.92 Å². The first-order valence-electron chi connectivity index (χ1n) is 5.70. The van der Waals surface area contributed by atoms with Crippen LogP contribution in [0.15, 0.2) is 5.57 Å². The van der Waals surface area contributed by atoms with Crippen LogP contribution in [0.4, 0.5) is 0 Å². The number of hydrogen-bond donors (Lipinski definition) is 2. The van der Waals surface area contributed by atoms with E-state index in [1.54, 1.807) is 0 Å². The summed E-state index contributed by atoms with van der Waals surface area (Å²) in [4.78, 5) is 23.9. The van der Waals surface area contributed by atoms with Crippen molar-refractivity contribution in [2.24, 2.45) is 0 Å². The van der Waals surface area contributed by atoms with E-state index in [9.17, 15) is 19.8 Å². The van der Waals surface area contributed by atoms with E-state index in [2.05, 4.69) is 0 Å². The van der Waals surface area contributed by atoms with Crippen LogP contribution in [-0.4, -0.2) is 35.7 Å². The van der Waals surface area contributed by atoms with Gasteiger partial charge in [0.1, 0.15) is 5.76 Å². The van der Waals surface area contributed by atoms with Crippen molar-refractivity contribution in [1.29, 1.82) is 0 Å². The van der Waals surface area contributed by atoms with Crippen molar-refractivity contribution in [2.75, 3.05) is 13.9 Å². The average Bonchev–Trinajstić information content (AvgIpc) is 2.92. The third-order valence-electron chi connectivity index (χ3n) is 3.32. The minimum absolute atomic E-state index is 0.0258. The van der Waals surface area contributed by atoms with Crippen molar-refractivity contribution in [3.63, 3.8) is 0 Å². The highest BCUT2D eigenvalue weighted by Crippen LogP contribution is 2.54. The maximum Gasteiger partial charge on any atom is 0.238 e. The lowest BCUT2D eigenvalue weighted by atomic mass is 9.87. The highest BCUT2D eigenvalue weighted by molar-refractivity contribution is 6.52. The van der Waals surface area contributed by atoms with Crippen molar-refractivity contribution in [3.8, 4) is 23.0 Å². The normalized spacial score (nSPS) is 16.5. The van der Waals surface area contributed by atoms with Crippen molar-refractivity contribution in [3.05, 3.63) is 16.7 Å². The molecule has 0 fully saturated rings. The number of aliphatic hydroxyl groups is 1. The van der Waals surface area contributed by atoms with E-state index in [0.717, 1.165) is 0 Å². The standard InChI is InChI=1S/C13H10O7/c1-4-7(14)5-6(9(16)8(4)15)11(18-2)13-12(10(5)17)19-3-20-13/h14,17H,3H2,1-2H3. The molecule has 0 saturated carbocycles. The minimum atomic E-state index is -0.874. The number of carbonyl (C=O) groups is 2. The Morgan fingerprint density at radius 2 is 1.70 bits per heavy atom. The van der Waals surface area contributed by atoms with Crippen molar-refractivity contribution >= 4 is 17.3 Å². The molecule has 20 heavy (non-hydrogen) atoms. The number of allylic oxidation sites excluding steroid dienone is 1. The number of phenols is 1. The summed E-state index contributed by atoms with van der Waals surface area (Å²) in [5.74, 6) is -2.68. The molecule has 2 aliphatic rings. The molecule has 0 spiro atoms. The van der Waals surface area contributed by atoms with E-state index in [0.29, 0.717) is 0 Å². The van der Waals surface area contributed by atoms with Crippen LogP contribution in [-0.2, 0) is 4.79 Å². The predicted molar refractivity (Wildman–Crippen MR) is 65.3 cm³/mol. The molecule has 1 aliphatic carbocycles. The maximum atomic E-state index is 12.1. The Kier molecular flexibility index (Phi) is 2.40. The smallest absolute Gasteiger partial charge is 0.238 e. The van der Waals surface area contributed by atoms with E-state index in [1.165, 1.54) is 14.0 Å². The summed E-state index contributed by atoms with van der Waals surface area (Å²) in [6, 6.07) is 0. The first kappa shape index (κ1) is 12.3. The zero-order chi connectivity index (χ0) is 14.6. The summed E-state index contributed by atoms with van der Waals surface area (Å²) in [7, 11) is 1.29. The molecule has 0 aromatic heterocycles. The lowest BCUT2D eigenvalue weighted by molar-refractivity contribution is -0.111. The minimum Gasteiger partial charge on any atom is -0.507 e. The van der Waals surface area contributed by atoms with E-state index in [1.807, 2.05) is 0 Å². The van der Waals surface area contributed by atoms with Crippen molar-refractivity contribution in [1.82, 2.24) is 0 Å². The molecule has 0 atom stereocenters. The van der Waals surface area contributed by atoms with Gasteiger partial charge in [-0.25, -0.2) is 0 Å². The predicted octanol–water partition coefficient (Wildman–Crippen LogP) is 1.18. The number of fused-ring (bicyclic) bond motifs is 2. The summed E-state index contributed by atoms with van der Waals surface area (Å²) in [6.07, 6.45) is 0. The van der Waals surface area contributed by atoms with Gasteiger partial charge < -0.3 is 24.4 Å². The van der Waals surface area contributed by atoms with Crippen molar-refractivity contribution in [2.45, 2.75) is 6.92 Å². The molecule has 1 aromatic rings. The molecule has 1 heterocycles. The first-order valence-corrected chi connectivity index (χ1v) is 5.70. The van der Waals surface area contributed by atoms with Gasteiger partial charge in [0.15, 0.2) is 11.5 Å². The number of aliphatic hydroxyl groups excluding tert-OH is 1. The molecule has 0 saturated heterocycles. The SMILES string of the molecule is COc1c2c(c(O)c3c1C(=O)C(=O)C(C)=C3O)OCO2. The van der Waals surface area contributed by atoms with E-state index >= 15 is 0 Å². The third kappa shape index (κ3) is 1.29. The summed E-state index contributed by atoms with van der Waals surface area (Å²) >= 11 is 0. The lowest BCUT2D eigenvalue weighted by Crippen LogP contribution is -2.23. The number of ether oxygens (including phenoxy) is 3. The van der Waals surface area contributed by atoms with Crippen LogP contribution in [0.25, 0.3) is 5.76 Å². The van der Waals surface area contributed by atoms with E-state index < -0.39 is 23.1 Å². The molecule has 0 bridgehead atoms. The monoisotopic (exact) mass is 278 g/mol. The molecule has 1 aromatic carbocycles. The molecule has 104 valence electrons. The average molecular weight is 278 g/mol. The van der Waals surface area contributed by atoms with Gasteiger partial charge in [-0.15, -0.1) is 0 Å². The summed E-state index contributed by atoms with van der Waals surface area (Å²) in [6.45, 7) is 1.14. The molecule has 0 radical (unpaired) electrons. The summed E-state index contributed by atoms with van der Waals surface area (Å²) < 4.78 is 15.3. The van der Waals surface area contributed by atoms with Crippen LogP contribution in [0.1, 0.15) is 22.8 Å². The number of phenolic OH excluding ortho intramolecular Hbond substituents is 1. The van der Waals surface area contributed by atoms with Crippen LogP contribution in [0, 0.1) is 0 Å². The van der Waals surface area contributed by atoms with E-state index in [-0.39, 0.29) is 40.7 Å². The second-order valence-electron chi connectivity index (χ2n) is 4.33. The summed E-state index contributed by atoms with van der Waals surface area (Å²) in [5, 5.41) is 20.2. The van der Waals surface area contributed by atoms with Gasteiger partial charge in [-0.2, -0.15) is 0 Å². The highest BCUT2D eigenvalue weighted by atomic mass is 16.7. The zero-order valence-corrected chi connectivity index (χ0v) is 10.6. The quantitative estimate of drug-likeness (QED) is 0.743. The third-order valence-corrected chi connectivity index (χ3v) is 3.32. The van der Waals surface area contributed by atoms with Crippen LogP contribution < -0.4 is 14.2 Å². The van der Waals surface area contributed by atoms with Crippen LogP contribution >= 0.6 is 0 Å². The van der Waals surface area contributed by atoms with Gasteiger partial charge in [0.25, 0.3) is 0 Å². The van der Waals surface area contributed by atoms with Gasteiger partial charge in [0.05, 0.1) is 18.2 Å². The second-order valence-corrected chi connectivity index (χ2v) is 4.33. The number of methoxy groups -OCH3 is 1. The Hall–Kier alpha value is -2.70. The Labute approximate surface area is 113 Å². The van der Waals surface area contributed by atoms with Crippen LogP contribution in [0.5, 0.6) is 23.0 Å². The molecular weight excluding hydrogens is 268 g/mol. The zero-order valence-electron chi connectivity index (χ0n) is 10.6. The number of Topliss-reactive ketones (excluding diaryl/α,β-unsaturated/α-hetero) is 2. The van der Waals surface area contributed by atoms with Gasteiger partial charge in [0.2, 0.25) is 29.9 Å². The maximum absolute atomic E-state index is 12.1. The Bertz CT molecular complexity index is 699. The van der Waals surface area contributed by atoms with Gasteiger partial charge in [0, 0.05) is 5.57 Å². The first-order chi connectivity index (χ1) is 9.49.